The summed E-state index contributed by atoms with van der Waals surface area (Å²) in [6.07, 6.45) is 3.79. The lowest BCUT2D eigenvalue weighted by Gasteiger charge is -2.36. The molecule has 31 heavy (non-hydrogen) atoms. The second-order valence-electron chi connectivity index (χ2n) is 7.98. The molecular formula is C22H31N7O2. The highest BCUT2D eigenvalue weighted by atomic mass is 16.5. The second-order valence-corrected chi connectivity index (χ2v) is 7.98. The number of carbonyl (C=O) groups excluding carboxylic acids is 1. The Morgan fingerprint density at radius 3 is 2.61 bits per heavy atom. The fourth-order valence-corrected chi connectivity index (χ4v) is 4.06. The number of urea groups is 1. The Kier molecular flexibility index (Phi) is 7.03. The van der Waals surface area contributed by atoms with Crippen LogP contribution < -0.4 is 10.6 Å². The van der Waals surface area contributed by atoms with Crippen molar-refractivity contribution in [2.75, 3.05) is 51.6 Å². The van der Waals surface area contributed by atoms with Crippen molar-refractivity contribution in [3.05, 3.63) is 47.9 Å². The molecule has 2 aromatic rings. The molecule has 0 saturated carbocycles. The number of aromatic nitrogens is 1. The van der Waals surface area contributed by atoms with Gasteiger partial charge in [0.1, 0.15) is 6.26 Å². The maximum Gasteiger partial charge on any atom is 0.321 e. The van der Waals surface area contributed by atoms with Gasteiger partial charge < -0.3 is 25.0 Å². The van der Waals surface area contributed by atoms with E-state index in [0.29, 0.717) is 6.54 Å². The molecule has 4 rings (SSSR count). The number of aliphatic imine (C=N–C) groups is 1. The van der Waals surface area contributed by atoms with Gasteiger partial charge in [0, 0.05) is 71.2 Å². The minimum Gasteiger partial charge on any atom is -0.364 e. The molecular weight excluding hydrogens is 394 g/mol. The highest BCUT2D eigenvalue weighted by Gasteiger charge is 2.20. The number of hydrogen-bond acceptors (Lipinski definition) is 5. The Balaban J connectivity index is 1.25. The summed E-state index contributed by atoms with van der Waals surface area (Å²) in [7, 11) is 1.82. The Hall–Kier alpha value is -3.07. The van der Waals surface area contributed by atoms with Crippen LogP contribution in [-0.2, 0) is 13.1 Å². The van der Waals surface area contributed by atoms with Crippen LogP contribution in [0.2, 0.25) is 0 Å². The molecule has 2 aliphatic rings. The summed E-state index contributed by atoms with van der Waals surface area (Å²) < 4.78 is 4.92. The van der Waals surface area contributed by atoms with Gasteiger partial charge in [-0.2, -0.15) is 0 Å². The van der Waals surface area contributed by atoms with Crippen LogP contribution in [0.5, 0.6) is 0 Å². The number of carbonyl (C=O) groups is 1. The molecule has 0 bridgehead atoms. The third-order valence-corrected chi connectivity index (χ3v) is 5.78. The zero-order valence-corrected chi connectivity index (χ0v) is 18.1. The predicted molar refractivity (Wildman–Crippen MR) is 120 cm³/mol. The van der Waals surface area contributed by atoms with Gasteiger partial charge in [0.15, 0.2) is 5.96 Å². The molecule has 166 valence electrons. The Morgan fingerprint density at radius 2 is 1.90 bits per heavy atom. The summed E-state index contributed by atoms with van der Waals surface area (Å²) in [4.78, 5) is 23.3. The second kappa shape index (κ2) is 10.3. The first kappa shape index (κ1) is 21.2. The SMILES string of the molecule is CN=C(NCc1cccc(NC(=O)N2CCCC2)c1)N1CCN(Cc2ccon2)CC1. The predicted octanol–water partition coefficient (Wildman–Crippen LogP) is 2.20. The van der Waals surface area contributed by atoms with Gasteiger partial charge in [-0.15, -0.1) is 0 Å². The van der Waals surface area contributed by atoms with Crippen LogP contribution >= 0.6 is 0 Å². The molecule has 1 aromatic carbocycles. The third kappa shape index (κ3) is 5.75. The maximum absolute atomic E-state index is 12.3. The molecule has 0 radical (unpaired) electrons. The van der Waals surface area contributed by atoms with E-state index in [1.54, 1.807) is 6.26 Å². The number of likely N-dealkylation sites (tertiary alicyclic amines) is 1. The summed E-state index contributed by atoms with van der Waals surface area (Å²) in [5.74, 6) is 0.896. The third-order valence-electron chi connectivity index (χ3n) is 5.78. The normalized spacial score (nSPS) is 17.8. The first-order valence-electron chi connectivity index (χ1n) is 10.9. The number of anilines is 1. The Morgan fingerprint density at radius 1 is 1.10 bits per heavy atom. The van der Waals surface area contributed by atoms with Gasteiger partial charge in [-0.05, 0) is 30.5 Å². The minimum atomic E-state index is -0.0121. The van der Waals surface area contributed by atoms with Crippen molar-refractivity contribution < 1.29 is 9.32 Å². The summed E-state index contributed by atoms with van der Waals surface area (Å²) in [5, 5.41) is 10.5. The van der Waals surface area contributed by atoms with E-state index in [9.17, 15) is 4.79 Å². The highest BCUT2D eigenvalue weighted by Crippen LogP contribution is 2.14. The fourth-order valence-electron chi connectivity index (χ4n) is 4.06. The average Bonchev–Trinajstić information content (AvgIpc) is 3.50. The van der Waals surface area contributed by atoms with Gasteiger partial charge in [0.25, 0.3) is 0 Å². The van der Waals surface area contributed by atoms with Gasteiger partial charge >= 0.3 is 6.03 Å². The van der Waals surface area contributed by atoms with Crippen molar-refractivity contribution in [3.63, 3.8) is 0 Å². The van der Waals surface area contributed by atoms with E-state index in [4.69, 9.17) is 4.52 Å². The average molecular weight is 426 g/mol. The van der Waals surface area contributed by atoms with Gasteiger partial charge in [-0.1, -0.05) is 17.3 Å². The van der Waals surface area contributed by atoms with Gasteiger partial charge in [0.2, 0.25) is 0 Å². The van der Waals surface area contributed by atoms with Crippen LogP contribution in [0.15, 0.2) is 46.1 Å². The lowest BCUT2D eigenvalue weighted by atomic mass is 10.2. The molecule has 0 spiro atoms. The molecule has 9 heteroatoms. The zero-order chi connectivity index (χ0) is 21.5. The quantitative estimate of drug-likeness (QED) is 0.564. The molecule has 0 aliphatic carbocycles. The van der Waals surface area contributed by atoms with Crippen LogP contribution in [0.4, 0.5) is 10.5 Å². The first-order chi connectivity index (χ1) is 15.2. The van der Waals surface area contributed by atoms with Gasteiger partial charge in [-0.25, -0.2) is 4.79 Å². The van der Waals surface area contributed by atoms with Crippen molar-refractivity contribution in [2.45, 2.75) is 25.9 Å². The molecule has 2 saturated heterocycles. The van der Waals surface area contributed by atoms with Crippen LogP contribution in [0.25, 0.3) is 0 Å². The van der Waals surface area contributed by atoms with Crippen LogP contribution in [0, 0.1) is 0 Å². The van der Waals surface area contributed by atoms with Crippen LogP contribution in [0.3, 0.4) is 0 Å². The summed E-state index contributed by atoms with van der Waals surface area (Å²) in [6.45, 7) is 6.86. The monoisotopic (exact) mass is 425 g/mol. The number of nitrogens with zero attached hydrogens (tertiary/aromatic N) is 5. The lowest BCUT2D eigenvalue weighted by molar-refractivity contribution is 0.169. The van der Waals surface area contributed by atoms with E-state index in [1.165, 1.54) is 0 Å². The molecule has 2 amide bonds. The number of hydrogen-bond donors (Lipinski definition) is 2. The van der Waals surface area contributed by atoms with E-state index in [1.807, 2.05) is 36.2 Å². The number of benzene rings is 1. The van der Waals surface area contributed by atoms with Crippen LogP contribution in [-0.4, -0.2) is 78.2 Å². The highest BCUT2D eigenvalue weighted by molar-refractivity contribution is 5.89. The minimum absolute atomic E-state index is 0.0121. The van der Waals surface area contributed by atoms with Crippen molar-refractivity contribution >= 4 is 17.7 Å². The zero-order valence-electron chi connectivity index (χ0n) is 18.1. The number of rotatable bonds is 5. The molecule has 9 nitrogen and oxygen atoms in total. The summed E-state index contributed by atoms with van der Waals surface area (Å²) >= 11 is 0. The summed E-state index contributed by atoms with van der Waals surface area (Å²) in [6, 6.07) is 9.88. The van der Waals surface area contributed by atoms with E-state index < -0.39 is 0 Å². The Bertz CT molecular complexity index is 870. The van der Waals surface area contributed by atoms with E-state index in [-0.39, 0.29) is 6.03 Å². The molecule has 2 N–H and O–H groups in total. The van der Waals surface area contributed by atoms with E-state index >= 15 is 0 Å². The molecule has 0 unspecified atom stereocenters. The number of amides is 2. The molecule has 0 atom stereocenters. The fraction of sp³-hybridized carbons (Fsp3) is 0.500. The largest absolute Gasteiger partial charge is 0.364 e. The Labute approximate surface area is 183 Å². The number of piperazine rings is 1. The van der Waals surface area contributed by atoms with Gasteiger partial charge in [0.05, 0.1) is 5.69 Å². The molecule has 2 fully saturated rings. The topological polar surface area (TPSA) is 89.2 Å². The van der Waals surface area contributed by atoms with Crippen LogP contribution in [0.1, 0.15) is 24.1 Å². The molecule has 3 heterocycles. The first-order valence-corrected chi connectivity index (χ1v) is 10.9. The standard InChI is InChI=1S/C22H31N7O2/c1-23-21(28-12-10-27(11-13-28)17-20-7-14-31-26-20)24-16-18-5-4-6-19(15-18)25-22(30)29-8-2-3-9-29/h4-7,14-15H,2-3,8-13,16-17H2,1H3,(H,23,24)(H,25,30). The smallest absolute Gasteiger partial charge is 0.321 e. The van der Waals surface area contributed by atoms with Gasteiger partial charge in [-0.3, -0.25) is 9.89 Å². The van der Waals surface area contributed by atoms with Crippen molar-refractivity contribution in [1.82, 2.24) is 25.2 Å². The van der Waals surface area contributed by atoms with Crippen molar-refractivity contribution in [3.8, 4) is 0 Å². The lowest BCUT2D eigenvalue weighted by Crippen LogP contribution is -2.52. The van der Waals surface area contributed by atoms with E-state index in [0.717, 1.165) is 81.6 Å². The number of nitrogens with one attached hydrogen (secondary N) is 2. The van der Waals surface area contributed by atoms with Crippen molar-refractivity contribution in [1.29, 1.82) is 0 Å². The molecule has 2 aliphatic heterocycles. The molecule has 1 aromatic heterocycles. The number of guanidine groups is 1. The maximum atomic E-state index is 12.3. The van der Waals surface area contributed by atoms with E-state index in [2.05, 4.69) is 36.6 Å². The summed E-state index contributed by atoms with van der Waals surface area (Å²) in [5.41, 5.74) is 2.89. The van der Waals surface area contributed by atoms with Crippen molar-refractivity contribution in [2.24, 2.45) is 4.99 Å².